The molecular weight excluding hydrogens is 228 g/mol. The molecule has 3 rings (SSSR count). The molecule has 3 nitrogen and oxygen atoms in total. The van der Waals surface area contributed by atoms with E-state index in [9.17, 15) is 5.11 Å². The van der Waals surface area contributed by atoms with Gasteiger partial charge in [-0.2, -0.15) is 0 Å². The molecule has 0 bridgehead atoms. The first kappa shape index (κ1) is 11.8. The van der Waals surface area contributed by atoms with Gasteiger partial charge in [0.1, 0.15) is 11.7 Å². The Labute approximate surface area is 108 Å². The van der Waals surface area contributed by atoms with Crippen LogP contribution in [0.1, 0.15) is 38.7 Å². The summed E-state index contributed by atoms with van der Waals surface area (Å²) in [5.41, 5.74) is 1.04. The monoisotopic (exact) mass is 248 g/mol. The first-order chi connectivity index (χ1) is 8.55. The minimum Gasteiger partial charge on any atom is -0.484 e. The molecular formula is C15H20O3. The van der Waals surface area contributed by atoms with Gasteiger partial charge in [0.2, 0.25) is 0 Å². The van der Waals surface area contributed by atoms with Crippen molar-refractivity contribution in [2.75, 3.05) is 0 Å². The average Bonchev–Trinajstić information content (AvgIpc) is 2.82. The maximum atomic E-state index is 9.84. The van der Waals surface area contributed by atoms with Gasteiger partial charge in [0.05, 0.1) is 6.10 Å². The Bertz CT molecular complexity index is 453. The van der Waals surface area contributed by atoms with Crippen molar-refractivity contribution in [3.63, 3.8) is 0 Å². The molecule has 1 heterocycles. The number of aliphatic hydroxyl groups excluding tert-OH is 1. The molecule has 2 aliphatic rings. The number of ether oxygens (including phenoxy) is 2. The van der Waals surface area contributed by atoms with Gasteiger partial charge in [-0.1, -0.05) is 12.1 Å². The van der Waals surface area contributed by atoms with Crippen molar-refractivity contribution in [1.29, 1.82) is 0 Å². The van der Waals surface area contributed by atoms with E-state index in [0.29, 0.717) is 0 Å². The largest absolute Gasteiger partial charge is 0.484 e. The number of benzene rings is 1. The normalized spacial score (nSPS) is 28.8. The molecule has 0 spiro atoms. The molecule has 0 aromatic heterocycles. The fourth-order valence-corrected chi connectivity index (χ4v) is 2.89. The van der Waals surface area contributed by atoms with E-state index in [2.05, 4.69) is 19.9 Å². The number of rotatable bonds is 2. The Balaban J connectivity index is 1.84. The van der Waals surface area contributed by atoms with Gasteiger partial charge in [-0.25, -0.2) is 0 Å². The lowest BCUT2D eigenvalue weighted by molar-refractivity contribution is 0.0551. The van der Waals surface area contributed by atoms with Gasteiger partial charge in [0.25, 0.3) is 0 Å². The van der Waals surface area contributed by atoms with Gasteiger partial charge in [-0.05, 0) is 39.2 Å². The Morgan fingerprint density at radius 3 is 2.89 bits per heavy atom. The highest BCUT2D eigenvalue weighted by Gasteiger charge is 2.34. The summed E-state index contributed by atoms with van der Waals surface area (Å²) in [5.74, 6) is 1.64. The lowest BCUT2D eigenvalue weighted by Crippen LogP contribution is -2.27. The highest BCUT2D eigenvalue weighted by Crippen LogP contribution is 2.42. The zero-order valence-electron chi connectivity index (χ0n) is 11.0. The number of hydrogen-bond donors (Lipinski definition) is 1. The molecule has 0 amide bonds. The summed E-state index contributed by atoms with van der Waals surface area (Å²) in [4.78, 5) is 0. The SMILES string of the molecule is CC1(C)Cc2cccc(OC3CCCC3O)c2O1. The maximum absolute atomic E-state index is 9.84. The Morgan fingerprint density at radius 2 is 2.17 bits per heavy atom. The van der Waals surface area contributed by atoms with Crippen LogP contribution in [-0.2, 0) is 6.42 Å². The molecule has 1 N–H and O–H groups in total. The van der Waals surface area contributed by atoms with Crippen LogP contribution < -0.4 is 9.47 Å². The fourth-order valence-electron chi connectivity index (χ4n) is 2.89. The van der Waals surface area contributed by atoms with E-state index >= 15 is 0 Å². The molecule has 98 valence electrons. The summed E-state index contributed by atoms with van der Waals surface area (Å²) in [6, 6.07) is 6.02. The van der Waals surface area contributed by atoms with E-state index in [1.165, 1.54) is 5.56 Å². The van der Waals surface area contributed by atoms with Crippen LogP contribution in [-0.4, -0.2) is 22.9 Å². The van der Waals surface area contributed by atoms with Crippen molar-refractivity contribution < 1.29 is 14.6 Å². The molecule has 1 aliphatic carbocycles. The van der Waals surface area contributed by atoms with Crippen LogP contribution in [0.2, 0.25) is 0 Å². The summed E-state index contributed by atoms with van der Waals surface area (Å²) < 4.78 is 11.9. The Morgan fingerprint density at radius 1 is 1.33 bits per heavy atom. The van der Waals surface area contributed by atoms with Gasteiger partial charge in [-0.15, -0.1) is 0 Å². The van der Waals surface area contributed by atoms with Gasteiger partial charge >= 0.3 is 0 Å². The number of para-hydroxylation sites is 1. The van der Waals surface area contributed by atoms with Crippen LogP contribution in [0.25, 0.3) is 0 Å². The smallest absolute Gasteiger partial charge is 0.165 e. The van der Waals surface area contributed by atoms with E-state index in [1.807, 2.05) is 12.1 Å². The number of fused-ring (bicyclic) bond motifs is 1. The zero-order chi connectivity index (χ0) is 12.8. The highest BCUT2D eigenvalue weighted by atomic mass is 16.5. The lowest BCUT2D eigenvalue weighted by Gasteiger charge is -2.21. The summed E-state index contributed by atoms with van der Waals surface area (Å²) in [5, 5.41) is 9.84. The minimum absolute atomic E-state index is 0.0798. The molecule has 0 saturated heterocycles. The highest BCUT2D eigenvalue weighted by molar-refractivity contribution is 5.50. The fraction of sp³-hybridized carbons (Fsp3) is 0.600. The minimum atomic E-state index is -0.338. The number of hydrogen-bond acceptors (Lipinski definition) is 3. The van der Waals surface area contributed by atoms with Crippen molar-refractivity contribution >= 4 is 0 Å². The van der Waals surface area contributed by atoms with Gasteiger partial charge in [0.15, 0.2) is 11.5 Å². The second kappa shape index (κ2) is 4.16. The Hall–Kier alpha value is -1.22. The van der Waals surface area contributed by atoms with Crippen molar-refractivity contribution in [3.05, 3.63) is 23.8 Å². The van der Waals surface area contributed by atoms with Gasteiger partial charge in [-0.3, -0.25) is 0 Å². The molecule has 1 aliphatic heterocycles. The quantitative estimate of drug-likeness (QED) is 0.874. The second-order valence-corrected chi connectivity index (χ2v) is 5.94. The van der Waals surface area contributed by atoms with Crippen LogP contribution in [0.15, 0.2) is 18.2 Å². The van der Waals surface area contributed by atoms with Crippen LogP contribution in [0.3, 0.4) is 0 Å². The van der Waals surface area contributed by atoms with E-state index in [0.717, 1.165) is 37.2 Å². The van der Waals surface area contributed by atoms with Crippen molar-refractivity contribution in [2.45, 2.75) is 57.3 Å². The molecule has 1 aromatic rings. The molecule has 2 unspecified atom stereocenters. The van der Waals surface area contributed by atoms with E-state index in [1.54, 1.807) is 0 Å². The summed E-state index contributed by atoms with van der Waals surface area (Å²) in [6.07, 6.45) is 3.29. The van der Waals surface area contributed by atoms with Crippen molar-refractivity contribution in [2.24, 2.45) is 0 Å². The molecule has 2 atom stereocenters. The predicted octanol–water partition coefficient (Wildman–Crippen LogP) is 2.69. The third-order valence-electron chi connectivity index (χ3n) is 3.75. The van der Waals surface area contributed by atoms with Crippen LogP contribution in [0.5, 0.6) is 11.5 Å². The molecule has 3 heteroatoms. The summed E-state index contributed by atoms with van der Waals surface area (Å²) >= 11 is 0. The molecule has 1 saturated carbocycles. The van der Waals surface area contributed by atoms with Gasteiger partial charge in [0, 0.05) is 12.0 Å². The standard InChI is InChI=1S/C15H20O3/c1-15(2)9-10-5-3-8-13(14(10)18-15)17-12-7-4-6-11(12)16/h3,5,8,11-12,16H,4,6-7,9H2,1-2H3. The Kier molecular flexibility index (Phi) is 2.74. The number of aliphatic hydroxyl groups is 1. The average molecular weight is 248 g/mol. The lowest BCUT2D eigenvalue weighted by atomic mass is 10.0. The molecule has 1 aromatic carbocycles. The van der Waals surface area contributed by atoms with E-state index in [-0.39, 0.29) is 17.8 Å². The van der Waals surface area contributed by atoms with Crippen LogP contribution in [0.4, 0.5) is 0 Å². The predicted molar refractivity (Wildman–Crippen MR) is 69.1 cm³/mol. The first-order valence-electron chi connectivity index (χ1n) is 6.71. The second-order valence-electron chi connectivity index (χ2n) is 5.94. The van der Waals surface area contributed by atoms with Crippen molar-refractivity contribution in [1.82, 2.24) is 0 Å². The van der Waals surface area contributed by atoms with Crippen LogP contribution >= 0.6 is 0 Å². The first-order valence-corrected chi connectivity index (χ1v) is 6.71. The van der Waals surface area contributed by atoms with E-state index in [4.69, 9.17) is 9.47 Å². The van der Waals surface area contributed by atoms with Crippen molar-refractivity contribution in [3.8, 4) is 11.5 Å². The summed E-state index contributed by atoms with van der Waals surface area (Å²) in [6.45, 7) is 4.17. The third-order valence-corrected chi connectivity index (χ3v) is 3.75. The third kappa shape index (κ3) is 2.07. The van der Waals surface area contributed by atoms with Crippen LogP contribution in [0, 0.1) is 0 Å². The topological polar surface area (TPSA) is 38.7 Å². The molecule has 0 radical (unpaired) electrons. The maximum Gasteiger partial charge on any atom is 0.165 e. The van der Waals surface area contributed by atoms with Gasteiger partial charge < -0.3 is 14.6 Å². The zero-order valence-corrected chi connectivity index (χ0v) is 11.0. The summed E-state index contributed by atoms with van der Waals surface area (Å²) in [7, 11) is 0. The van der Waals surface area contributed by atoms with E-state index < -0.39 is 0 Å². The molecule has 1 fully saturated rings. The molecule has 18 heavy (non-hydrogen) atoms.